The summed E-state index contributed by atoms with van der Waals surface area (Å²) in [6, 6.07) is 0. The number of rotatable bonds is 1. The summed E-state index contributed by atoms with van der Waals surface area (Å²) in [6.07, 6.45) is -0.0683. The van der Waals surface area contributed by atoms with Crippen molar-refractivity contribution in [3.63, 3.8) is 0 Å². The Labute approximate surface area is 48.1 Å². The minimum Gasteiger partial charge on any atom is -0.393 e. The van der Waals surface area contributed by atoms with E-state index in [1.807, 2.05) is 18.7 Å². The van der Waals surface area contributed by atoms with E-state index in [2.05, 4.69) is 0 Å². The number of aliphatic hydroxyl groups is 1. The largest absolute Gasteiger partial charge is 0.393 e. The summed E-state index contributed by atoms with van der Waals surface area (Å²) in [5.41, 5.74) is 0. The Morgan fingerprint density at radius 2 is 2.29 bits per heavy atom. The zero-order chi connectivity index (χ0) is 5.28. The molecule has 1 N–H and O–H groups in total. The zero-order valence-corrected chi connectivity index (χ0v) is 5.24. The molecule has 0 saturated carbocycles. The lowest BCUT2D eigenvalue weighted by molar-refractivity contribution is 0.144. The lowest BCUT2D eigenvalue weighted by Crippen LogP contribution is -2.28. The summed E-state index contributed by atoms with van der Waals surface area (Å²) in [5, 5.41) is 8.86. The van der Waals surface area contributed by atoms with Crippen molar-refractivity contribution in [3.8, 4) is 0 Å². The summed E-state index contributed by atoms with van der Waals surface area (Å²) < 4.78 is 0. The molecule has 1 heterocycles. The van der Waals surface area contributed by atoms with Crippen LogP contribution >= 0.6 is 11.8 Å². The molecule has 1 atom stereocenters. The maximum Gasteiger partial charge on any atom is 0.0556 e. The van der Waals surface area contributed by atoms with Crippen molar-refractivity contribution >= 4 is 11.8 Å². The molecule has 0 radical (unpaired) electrons. The Kier molecular flexibility index (Phi) is 1.60. The molecule has 0 aromatic rings. The van der Waals surface area contributed by atoms with Crippen LogP contribution in [0.15, 0.2) is 0 Å². The highest BCUT2D eigenvalue weighted by atomic mass is 32.2. The van der Waals surface area contributed by atoms with E-state index in [9.17, 15) is 0 Å². The van der Waals surface area contributed by atoms with Gasteiger partial charge in [-0.2, -0.15) is 11.8 Å². The summed E-state index contributed by atoms with van der Waals surface area (Å²) in [6.45, 7) is 1.87. The first-order valence-corrected chi connectivity index (χ1v) is 3.72. The summed E-state index contributed by atoms with van der Waals surface area (Å²) in [4.78, 5) is 0. The second kappa shape index (κ2) is 2.05. The minimum absolute atomic E-state index is 0.0683. The Balaban J connectivity index is 2.14. The molecule has 0 aliphatic carbocycles. The number of aliphatic hydroxyl groups excluding tert-OH is 1. The van der Waals surface area contributed by atoms with Crippen molar-refractivity contribution in [2.24, 2.45) is 5.92 Å². The van der Waals surface area contributed by atoms with Gasteiger partial charge in [0.2, 0.25) is 0 Å². The van der Waals surface area contributed by atoms with Gasteiger partial charge in [-0.25, -0.2) is 0 Å². The van der Waals surface area contributed by atoms with Gasteiger partial charge < -0.3 is 5.11 Å². The zero-order valence-electron chi connectivity index (χ0n) is 4.42. The average molecular weight is 118 g/mol. The van der Waals surface area contributed by atoms with E-state index in [-0.39, 0.29) is 6.10 Å². The highest BCUT2D eigenvalue weighted by Crippen LogP contribution is 2.26. The second-order valence-electron chi connectivity index (χ2n) is 2.04. The third-order valence-corrected chi connectivity index (χ3v) is 2.67. The summed E-state index contributed by atoms with van der Waals surface area (Å²) in [7, 11) is 0. The van der Waals surface area contributed by atoms with Crippen LogP contribution in [0.5, 0.6) is 0 Å². The van der Waals surface area contributed by atoms with E-state index >= 15 is 0 Å². The lowest BCUT2D eigenvalue weighted by Gasteiger charge is -2.26. The molecule has 0 bridgehead atoms. The van der Waals surface area contributed by atoms with Gasteiger partial charge in [0.05, 0.1) is 6.10 Å². The summed E-state index contributed by atoms with van der Waals surface area (Å²) in [5.74, 6) is 2.93. The van der Waals surface area contributed by atoms with Gasteiger partial charge in [-0.05, 0) is 18.4 Å². The van der Waals surface area contributed by atoms with Crippen LogP contribution in [0.1, 0.15) is 6.92 Å². The molecule has 1 nitrogen and oxygen atoms in total. The molecule has 2 heteroatoms. The van der Waals surface area contributed by atoms with E-state index in [1.54, 1.807) is 0 Å². The van der Waals surface area contributed by atoms with Gasteiger partial charge in [0.25, 0.3) is 0 Å². The molecule has 7 heavy (non-hydrogen) atoms. The molecule has 0 unspecified atom stereocenters. The fourth-order valence-corrected chi connectivity index (χ4v) is 1.60. The first-order valence-electron chi connectivity index (χ1n) is 2.56. The Morgan fingerprint density at radius 1 is 1.71 bits per heavy atom. The van der Waals surface area contributed by atoms with Crippen molar-refractivity contribution in [2.45, 2.75) is 13.0 Å². The van der Waals surface area contributed by atoms with Crippen molar-refractivity contribution in [3.05, 3.63) is 0 Å². The van der Waals surface area contributed by atoms with Gasteiger partial charge in [0, 0.05) is 5.92 Å². The fourth-order valence-electron chi connectivity index (χ4n) is 0.532. The third kappa shape index (κ3) is 1.10. The first-order chi connectivity index (χ1) is 3.30. The monoisotopic (exact) mass is 118 g/mol. The van der Waals surface area contributed by atoms with E-state index < -0.39 is 0 Å². The highest BCUT2D eigenvalue weighted by Gasteiger charge is 2.22. The standard InChI is InChI=1S/C5H10OS/c1-4(6)5-2-7-3-5/h4-6H,2-3H2,1H3/t4-/m0/s1. The number of hydrogen-bond donors (Lipinski definition) is 1. The topological polar surface area (TPSA) is 20.2 Å². The van der Waals surface area contributed by atoms with Crippen LogP contribution in [0.25, 0.3) is 0 Å². The quantitative estimate of drug-likeness (QED) is 0.547. The normalized spacial score (nSPS) is 26.6. The fraction of sp³-hybridized carbons (Fsp3) is 1.00. The number of hydrogen-bond acceptors (Lipinski definition) is 2. The maximum absolute atomic E-state index is 8.86. The van der Waals surface area contributed by atoms with Crippen molar-refractivity contribution in [2.75, 3.05) is 11.5 Å². The number of thioether (sulfide) groups is 1. The lowest BCUT2D eigenvalue weighted by atomic mass is 10.1. The van der Waals surface area contributed by atoms with Crippen LogP contribution in [0.2, 0.25) is 0 Å². The van der Waals surface area contributed by atoms with Crippen LogP contribution in [-0.4, -0.2) is 22.7 Å². The average Bonchev–Trinajstić information content (AvgIpc) is 1.23. The first kappa shape index (κ1) is 5.45. The smallest absolute Gasteiger partial charge is 0.0556 e. The maximum atomic E-state index is 8.86. The van der Waals surface area contributed by atoms with E-state index in [1.165, 1.54) is 0 Å². The van der Waals surface area contributed by atoms with Gasteiger partial charge in [-0.3, -0.25) is 0 Å². The van der Waals surface area contributed by atoms with Crippen LogP contribution < -0.4 is 0 Å². The molecule has 1 saturated heterocycles. The van der Waals surface area contributed by atoms with Crippen LogP contribution in [0, 0.1) is 5.92 Å². The molecule has 1 aliphatic heterocycles. The van der Waals surface area contributed by atoms with Gasteiger partial charge in [-0.1, -0.05) is 0 Å². The van der Waals surface area contributed by atoms with E-state index in [0.717, 1.165) is 11.5 Å². The Morgan fingerprint density at radius 3 is 2.29 bits per heavy atom. The molecule has 0 aromatic heterocycles. The molecule has 42 valence electrons. The molecular formula is C5H10OS. The Hall–Kier alpha value is 0.310. The second-order valence-corrected chi connectivity index (χ2v) is 3.11. The van der Waals surface area contributed by atoms with Gasteiger partial charge in [0.1, 0.15) is 0 Å². The molecule has 0 aromatic carbocycles. The SMILES string of the molecule is C[C@H](O)C1CSC1. The predicted molar refractivity (Wildman–Crippen MR) is 32.5 cm³/mol. The van der Waals surface area contributed by atoms with Crippen molar-refractivity contribution < 1.29 is 5.11 Å². The van der Waals surface area contributed by atoms with Gasteiger partial charge in [-0.15, -0.1) is 0 Å². The molecule has 1 fully saturated rings. The summed E-state index contributed by atoms with van der Waals surface area (Å²) >= 11 is 1.91. The van der Waals surface area contributed by atoms with Gasteiger partial charge in [0.15, 0.2) is 0 Å². The Bertz CT molecular complexity index is 59.1. The highest BCUT2D eigenvalue weighted by molar-refractivity contribution is 8.00. The van der Waals surface area contributed by atoms with Crippen molar-refractivity contribution in [1.29, 1.82) is 0 Å². The van der Waals surface area contributed by atoms with Crippen molar-refractivity contribution in [1.82, 2.24) is 0 Å². The molecule has 1 aliphatic rings. The predicted octanol–water partition coefficient (Wildman–Crippen LogP) is 0.730. The van der Waals surface area contributed by atoms with Crippen LogP contribution in [0.3, 0.4) is 0 Å². The van der Waals surface area contributed by atoms with E-state index in [4.69, 9.17) is 5.11 Å². The minimum atomic E-state index is -0.0683. The van der Waals surface area contributed by atoms with Crippen LogP contribution in [-0.2, 0) is 0 Å². The van der Waals surface area contributed by atoms with Gasteiger partial charge >= 0.3 is 0 Å². The molecule has 0 spiro atoms. The van der Waals surface area contributed by atoms with E-state index in [0.29, 0.717) is 5.92 Å². The molecule has 1 rings (SSSR count). The molecule has 0 amide bonds. The van der Waals surface area contributed by atoms with Crippen LogP contribution in [0.4, 0.5) is 0 Å². The molecular weight excluding hydrogens is 108 g/mol. The third-order valence-electron chi connectivity index (χ3n) is 1.35.